The first-order chi connectivity index (χ1) is 14.3. The minimum atomic E-state index is -0.539. The molecule has 2 rings (SSSR count). The molecule has 0 saturated heterocycles. The highest BCUT2D eigenvalue weighted by molar-refractivity contribution is 7.99. The van der Waals surface area contributed by atoms with Gasteiger partial charge in [0.1, 0.15) is 6.54 Å². The number of benzene rings is 1. The van der Waals surface area contributed by atoms with Gasteiger partial charge < -0.3 is 26.0 Å². The predicted octanol–water partition coefficient (Wildman–Crippen LogP) is 1.37. The SMILES string of the molecule is CC(C)CCNC(=O)Cn1c(CO)cnc1SCC(=O)Nc1ccc(C(N)=O)cc1. The molecular weight excluding hydrogens is 406 g/mol. The highest BCUT2D eigenvalue weighted by Gasteiger charge is 2.15. The van der Waals surface area contributed by atoms with Crippen LogP contribution in [0.3, 0.4) is 0 Å². The molecule has 10 heteroatoms. The minimum Gasteiger partial charge on any atom is -0.390 e. The van der Waals surface area contributed by atoms with Crippen molar-refractivity contribution in [1.82, 2.24) is 14.9 Å². The lowest BCUT2D eigenvalue weighted by molar-refractivity contribution is -0.121. The zero-order valence-corrected chi connectivity index (χ0v) is 17.9. The molecular formula is C20H27N5O4S. The van der Waals surface area contributed by atoms with Crippen molar-refractivity contribution < 1.29 is 19.5 Å². The van der Waals surface area contributed by atoms with Crippen LogP contribution in [0.15, 0.2) is 35.6 Å². The number of nitrogens with one attached hydrogen (secondary N) is 2. The monoisotopic (exact) mass is 433 g/mol. The highest BCUT2D eigenvalue weighted by atomic mass is 32.2. The van der Waals surface area contributed by atoms with Crippen molar-refractivity contribution in [3.05, 3.63) is 41.7 Å². The normalized spacial score (nSPS) is 10.8. The fourth-order valence-electron chi connectivity index (χ4n) is 2.55. The Balaban J connectivity index is 1.92. The molecule has 0 radical (unpaired) electrons. The lowest BCUT2D eigenvalue weighted by atomic mass is 10.1. The van der Waals surface area contributed by atoms with E-state index in [2.05, 4.69) is 29.5 Å². The van der Waals surface area contributed by atoms with Crippen molar-refractivity contribution in [2.75, 3.05) is 17.6 Å². The molecule has 9 nitrogen and oxygen atoms in total. The maximum atomic E-state index is 12.2. The van der Waals surface area contributed by atoms with E-state index in [-0.39, 0.29) is 30.7 Å². The Morgan fingerprint density at radius 2 is 1.90 bits per heavy atom. The Hall–Kier alpha value is -2.85. The quantitative estimate of drug-likeness (QED) is 0.395. The third-order valence-corrected chi connectivity index (χ3v) is 5.19. The van der Waals surface area contributed by atoms with Gasteiger partial charge >= 0.3 is 0 Å². The number of carbonyl (C=O) groups is 3. The number of aliphatic hydroxyl groups excluding tert-OH is 1. The van der Waals surface area contributed by atoms with Crippen molar-refractivity contribution in [3.63, 3.8) is 0 Å². The number of aliphatic hydroxyl groups is 1. The summed E-state index contributed by atoms with van der Waals surface area (Å²) in [6, 6.07) is 6.25. The van der Waals surface area contributed by atoms with Crippen molar-refractivity contribution in [2.45, 2.75) is 38.6 Å². The molecule has 0 fully saturated rings. The Kier molecular flexibility index (Phi) is 8.88. The van der Waals surface area contributed by atoms with Gasteiger partial charge in [-0.3, -0.25) is 14.4 Å². The smallest absolute Gasteiger partial charge is 0.248 e. The number of rotatable bonds is 11. The van der Waals surface area contributed by atoms with Gasteiger partial charge in [0.05, 0.1) is 24.3 Å². The number of hydrogen-bond donors (Lipinski definition) is 4. The number of primary amides is 1. The minimum absolute atomic E-state index is 0.0204. The number of hydrogen-bond acceptors (Lipinski definition) is 6. The van der Waals surface area contributed by atoms with E-state index in [1.165, 1.54) is 18.3 Å². The van der Waals surface area contributed by atoms with E-state index < -0.39 is 5.91 Å². The summed E-state index contributed by atoms with van der Waals surface area (Å²) in [5, 5.41) is 15.6. The molecule has 3 amide bonds. The van der Waals surface area contributed by atoms with E-state index in [1.54, 1.807) is 16.7 Å². The first-order valence-corrected chi connectivity index (χ1v) is 10.5. The molecule has 0 bridgehead atoms. The van der Waals surface area contributed by atoms with Gasteiger partial charge in [-0.2, -0.15) is 0 Å². The topological polar surface area (TPSA) is 139 Å². The van der Waals surface area contributed by atoms with Gasteiger partial charge in [-0.15, -0.1) is 0 Å². The third-order valence-electron chi connectivity index (χ3n) is 4.19. The van der Waals surface area contributed by atoms with E-state index in [9.17, 15) is 19.5 Å². The molecule has 2 aromatic rings. The first kappa shape index (κ1) is 23.4. The Bertz CT molecular complexity index is 880. The third kappa shape index (κ3) is 7.20. The molecule has 5 N–H and O–H groups in total. The Morgan fingerprint density at radius 1 is 1.20 bits per heavy atom. The molecule has 0 spiro atoms. The Morgan fingerprint density at radius 3 is 2.50 bits per heavy atom. The van der Waals surface area contributed by atoms with E-state index in [4.69, 9.17) is 5.73 Å². The van der Waals surface area contributed by atoms with E-state index in [0.29, 0.717) is 34.6 Å². The van der Waals surface area contributed by atoms with Crippen LogP contribution >= 0.6 is 11.8 Å². The molecule has 0 aliphatic carbocycles. The summed E-state index contributed by atoms with van der Waals surface area (Å²) < 4.78 is 1.60. The van der Waals surface area contributed by atoms with Gasteiger partial charge in [0.15, 0.2) is 5.16 Å². The maximum Gasteiger partial charge on any atom is 0.248 e. The lowest BCUT2D eigenvalue weighted by Crippen LogP contribution is -2.30. The molecule has 0 aliphatic heterocycles. The zero-order valence-electron chi connectivity index (χ0n) is 17.1. The van der Waals surface area contributed by atoms with Crippen LogP contribution in [-0.4, -0.2) is 44.7 Å². The van der Waals surface area contributed by atoms with Crippen LogP contribution in [0.2, 0.25) is 0 Å². The molecule has 30 heavy (non-hydrogen) atoms. The molecule has 0 aliphatic rings. The Labute approximate surface area is 179 Å². The average Bonchev–Trinajstić information content (AvgIpc) is 3.08. The maximum absolute atomic E-state index is 12.2. The van der Waals surface area contributed by atoms with Crippen LogP contribution < -0.4 is 16.4 Å². The second-order valence-corrected chi connectivity index (χ2v) is 8.03. The van der Waals surface area contributed by atoms with Crippen molar-refractivity contribution in [1.29, 1.82) is 0 Å². The van der Waals surface area contributed by atoms with Gasteiger partial charge in [-0.05, 0) is 36.6 Å². The average molecular weight is 434 g/mol. The second-order valence-electron chi connectivity index (χ2n) is 7.09. The van der Waals surface area contributed by atoms with Gasteiger partial charge in [-0.25, -0.2) is 4.98 Å². The number of anilines is 1. The van der Waals surface area contributed by atoms with Gasteiger partial charge in [0.2, 0.25) is 17.7 Å². The summed E-state index contributed by atoms with van der Waals surface area (Å²) in [6.45, 7) is 4.51. The molecule has 0 saturated carbocycles. The molecule has 162 valence electrons. The molecule has 1 aromatic heterocycles. The number of amides is 3. The predicted molar refractivity (Wildman–Crippen MR) is 115 cm³/mol. The number of aromatic nitrogens is 2. The summed E-state index contributed by atoms with van der Waals surface area (Å²) in [5.41, 5.74) is 6.58. The molecule has 1 aromatic carbocycles. The zero-order chi connectivity index (χ0) is 22.1. The number of carbonyl (C=O) groups excluding carboxylic acids is 3. The van der Waals surface area contributed by atoms with Crippen molar-refractivity contribution in [3.8, 4) is 0 Å². The second kappa shape index (κ2) is 11.4. The largest absolute Gasteiger partial charge is 0.390 e. The number of imidazole rings is 1. The van der Waals surface area contributed by atoms with E-state index in [1.807, 2.05) is 0 Å². The summed E-state index contributed by atoms with van der Waals surface area (Å²) in [5.74, 6) is -0.433. The van der Waals surface area contributed by atoms with E-state index >= 15 is 0 Å². The van der Waals surface area contributed by atoms with E-state index in [0.717, 1.165) is 18.2 Å². The van der Waals surface area contributed by atoms with Crippen LogP contribution in [0.4, 0.5) is 5.69 Å². The summed E-state index contributed by atoms with van der Waals surface area (Å²) in [4.78, 5) is 39.7. The van der Waals surface area contributed by atoms with Gasteiger partial charge in [-0.1, -0.05) is 25.6 Å². The molecule has 1 heterocycles. The van der Waals surface area contributed by atoms with Crippen molar-refractivity contribution in [2.24, 2.45) is 11.7 Å². The standard InChI is InChI=1S/C20H27N5O4S/c1-13(2)7-8-22-17(27)10-25-16(11-26)9-23-20(25)30-12-18(28)24-15-5-3-14(4-6-15)19(21)29/h3-6,9,13,26H,7-8,10-12H2,1-2H3,(H2,21,29)(H,22,27)(H,24,28). The van der Waals surface area contributed by atoms with Crippen molar-refractivity contribution >= 4 is 35.2 Å². The van der Waals surface area contributed by atoms with Crippen LogP contribution in [-0.2, 0) is 22.7 Å². The summed E-state index contributed by atoms with van der Waals surface area (Å²) in [6.07, 6.45) is 2.37. The fraction of sp³-hybridized carbons (Fsp3) is 0.400. The molecule has 0 unspecified atom stereocenters. The van der Waals surface area contributed by atoms with Crippen LogP contribution in [0.25, 0.3) is 0 Å². The van der Waals surface area contributed by atoms with Crippen LogP contribution in [0.5, 0.6) is 0 Å². The molecule has 0 atom stereocenters. The number of nitrogens with two attached hydrogens (primary N) is 1. The highest BCUT2D eigenvalue weighted by Crippen LogP contribution is 2.19. The first-order valence-electron chi connectivity index (χ1n) is 9.54. The summed E-state index contributed by atoms with van der Waals surface area (Å²) in [7, 11) is 0. The van der Waals surface area contributed by atoms with Crippen LogP contribution in [0.1, 0.15) is 36.3 Å². The fourth-order valence-corrected chi connectivity index (χ4v) is 3.34. The number of nitrogens with zero attached hydrogens (tertiary/aromatic N) is 2. The van der Waals surface area contributed by atoms with Crippen LogP contribution in [0, 0.1) is 5.92 Å². The number of thioether (sulfide) groups is 1. The lowest BCUT2D eigenvalue weighted by Gasteiger charge is -2.12. The van der Waals surface area contributed by atoms with Gasteiger partial charge in [0, 0.05) is 17.8 Å². The summed E-state index contributed by atoms with van der Waals surface area (Å²) >= 11 is 1.16. The van der Waals surface area contributed by atoms with Gasteiger partial charge in [0.25, 0.3) is 0 Å².